The van der Waals surface area contributed by atoms with Crippen molar-refractivity contribution in [3.63, 3.8) is 0 Å². The first-order chi connectivity index (χ1) is 14.4. The van der Waals surface area contributed by atoms with Gasteiger partial charge >= 0.3 is 0 Å². The van der Waals surface area contributed by atoms with Crippen molar-refractivity contribution in [3.05, 3.63) is 83.9 Å². The van der Waals surface area contributed by atoms with Crippen LogP contribution >= 0.6 is 24.0 Å². The zero-order valence-electron chi connectivity index (χ0n) is 16.4. The summed E-state index contributed by atoms with van der Waals surface area (Å²) >= 11 is 7.05. The van der Waals surface area contributed by atoms with Crippen molar-refractivity contribution in [2.24, 2.45) is 0 Å². The van der Waals surface area contributed by atoms with E-state index in [-0.39, 0.29) is 18.7 Å². The van der Waals surface area contributed by atoms with Gasteiger partial charge in [0.15, 0.2) is 0 Å². The molecular formula is C21H22F2N4OS2. The molecule has 3 aromatic rings. The summed E-state index contributed by atoms with van der Waals surface area (Å²) in [6, 6.07) is 13.1. The maximum Gasteiger partial charge on any atom is 0.137 e. The number of nitrogens with zero attached hydrogens (tertiary/aromatic N) is 4. The quantitative estimate of drug-likeness (QED) is 0.526. The van der Waals surface area contributed by atoms with Crippen molar-refractivity contribution in [2.45, 2.75) is 24.8 Å². The first-order valence-electron chi connectivity index (χ1n) is 9.37. The monoisotopic (exact) mass is 448 g/mol. The maximum atomic E-state index is 14.6. The fourth-order valence-electron chi connectivity index (χ4n) is 3.10. The Morgan fingerprint density at radius 3 is 2.63 bits per heavy atom. The lowest BCUT2D eigenvalue weighted by molar-refractivity contribution is -0.00542. The minimum atomic E-state index is -1.70. The predicted molar refractivity (Wildman–Crippen MR) is 118 cm³/mol. The second-order valence-corrected chi connectivity index (χ2v) is 8.41. The first kappa shape index (κ1) is 22.3. The molecule has 9 heteroatoms. The van der Waals surface area contributed by atoms with Crippen molar-refractivity contribution in [3.8, 4) is 0 Å². The van der Waals surface area contributed by atoms with Crippen molar-refractivity contribution in [1.29, 1.82) is 0 Å². The summed E-state index contributed by atoms with van der Waals surface area (Å²) < 4.78 is 30.0. The Bertz CT molecular complexity index is 972. The Morgan fingerprint density at radius 1 is 1.23 bits per heavy atom. The fraction of sp³-hybridized carbons (Fsp3) is 0.286. The maximum absolute atomic E-state index is 14.6. The number of halogens is 2. The number of hydrogen-bond donors (Lipinski definition) is 1. The van der Waals surface area contributed by atoms with Gasteiger partial charge in [0.1, 0.15) is 34.2 Å². The van der Waals surface area contributed by atoms with Crippen LogP contribution in [0.1, 0.15) is 18.1 Å². The summed E-state index contributed by atoms with van der Waals surface area (Å²) in [7, 11) is 0. The minimum absolute atomic E-state index is 0.0197. The molecule has 1 aromatic heterocycles. The molecule has 3 rings (SSSR count). The molecule has 158 valence electrons. The van der Waals surface area contributed by atoms with Gasteiger partial charge in [-0.1, -0.05) is 60.4 Å². The Balaban J connectivity index is 1.82. The average molecular weight is 449 g/mol. The molecule has 0 aliphatic carbocycles. The van der Waals surface area contributed by atoms with E-state index in [2.05, 4.69) is 10.1 Å². The van der Waals surface area contributed by atoms with E-state index in [1.54, 1.807) is 0 Å². The highest BCUT2D eigenvalue weighted by molar-refractivity contribution is 8.22. The smallest absolute Gasteiger partial charge is 0.137 e. The largest absolute Gasteiger partial charge is 0.381 e. The molecule has 0 radical (unpaired) electrons. The van der Waals surface area contributed by atoms with Crippen molar-refractivity contribution >= 4 is 28.3 Å². The van der Waals surface area contributed by atoms with Crippen LogP contribution in [0.15, 0.2) is 61.2 Å². The molecule has 0 spiro atoms. The van der Waals surface area contributed by atoms with Crippen LogP contribution in [0.3, 0.4) is 0 Å². The van der Waals surface area contributed by atoms with Crippen LogP contribution in [0.2, 0.25) is 0 Å². The number of rotatable bonds is 8. The Labute approximate surface area is 183 Å². The van der Waals surface area contributed by atoms with E-state index in [1.165, 1.54) is 35.2 Å². The van der Waals surface area contributed by atoms with Crippen LogP contribution in [-0.4, -0.2) is 42.2 Å². The second-order valence-electron chi connectivity index (χ2n) is 6.80. The van der Waals surface area contributed by atoms with E-state index < -0.39 is 17.2 Å². The molecule has 2 aromatic carbocycles. The zero-order chi connectivity index (χ0) is 21.6. The molecule has 0 aliphatic rings. The van der Waals surface area contributed by atoms with E-state index in [0.717, 1.165) is 17.7 Å². The summed E-state index contributed by atoms with van der Waals surface area (Å²) in [5, 5.41) is 15.5. The summed E-state index contributed by atoms with van der Waals surface area (Å²) in [5.41, 5.74) is -0.587. The van der Waals surface area contributed by atoms with Gasteiger partial charge in [0, 0.05) is 23.9 Å². The van der Waals surface area contributed by atoms with Crippen molar-refractivity contribution < 1.29 is 13.9 Å². The summed E-state index contributed by atoms with van der Waals surface area (Å²) in [6.07, 6.45) is 2.77. The van der Waals surface area contributed by atoms with Gasteiger partial charge in [0.25, 0.3) is 0 Å². The van der Waals surface area contributed by atoms with Crippen molar-refractivity contribution in [1.82, 2.24) is 19.7 Å². The standard InChI is InChI=1S/C21H22F2N4OS2/c1-2-26(20(29)30-11-16-6-4-3-5-7-16)12-21(28,13-27-15-24-14-25-27)18-9-8-17(22)10-19(18)23/h3-10,14-15,28H,2,11-13H2,1H3. The number of benzene rings is 2. The van der Waals surface area contributed by atoms with E-state index >= 15 is 0 Å². The van der Waals surface area contributed by atoms with Gasteiger partial charge < -0.3 is 10.0 Å². The molecule has 30 heavy (non-hydrogen) atoms. The highest BCUT2D eigenvalue weighted by atomic mass is 32.2. The number of likely N-dealkylation sites (N-methyl/N-ethyl adjacent to an activating group) is 1. The molecule has 1 heterocycles. The van der Waals surface area contributed by atoms with E-state index in [4.69, 9.17) is 12.2 Å². The molecule has 0 bridgehead atoms. The molecule has 0 saturated heterocycles. The van der Waals surface area contributed by atoms with Crippen LogP contribution in [0.25, 0.3) is 0 Å². The van der Waals surface area contributed by atoms with Crippen LogP contribution in [-0.2, 0) is 17.9 Å². The van der Waals surface area contributed by atoms with Gasteiger partial charge in [-0.25, -0.2) is 18.4 Å². The van der Waals surface area contributed by atoms with E-state index in [0.29, 0.717) is 16.6 Å². The summed E-state index contributed by atoms with van der Waals surface area (Å²) in [4.78, 5) is 5.69. The van der Waals surface area contributed by atoms with Crippen LogP contribution in [0.4, 0.5) is 8.78 Å². The molecule has 1 unspecified atom stereocenters. The summed E-state index contributed by atoms with van der Waals surface area (Å²) in [5.74, 6) is -0.847. The third kappa shape index (κ3) is 5.62. The molecule has 5 nitrogen and oxygen atoms in total. The SMILES string of the molecule is CCN(CC(O)(Cn1cncn1)c1ccc(F)cc1F)C(=S)SCc1ccccc1. The number of thioether (sulfide) groups is 1. The topological polar surface area (TPSA) is 54.2 Å². The third-order valence-electron chi connectivity index (χ3n) is 4.62. The van der Waals surface area contributed by atoms with Crippen LogP contribution < -0.4 is 0 Å². The molecule has 0 aliphatic heterocycles. The highest BCUT2D eigenvalue weighted by Crippen LogP contribution is 2.29. The molecular weight excluding hydrogens is 426 g/mol. The molecule has 0 saturated carbocycles. The zero-order valence-corrected chi connectivity index (χ0v) is 18.0. The third-order valence-corrected chi connectivity index (χ3v) is 6.21. The first-order valence-corrected chi connectivity index (χ1v) is 10.8. The molecule has 1 atom stereocenters. The van der Waals surface area contributed by atoms with Gasteiger partial charge in [0.05, 0.1) is 13.1 Å². The lowest BCUT2D eigenvalue weighted by Gasteiger charge is -2.35. The lowest BCUT2D eigenvalue weighted by Crippen LogP contribution is -2.46. The molecule has 1 N–H and O–H groups in total. The van der Waals surface area contributed by atoms with Gasteiger partial charge in [-0.15, -0.1) is 0 Å². The highest BCUT2D eigenvalue weighted by Gasteiger charge is 2.36. The van der Waals surface area contributed by atoms with E-state index in [9.17, 15) is 13.9 Å². The van der Waals surface area contributed by atoms with Gasteiger partial charge in [-0.2, -0.15) is 5.10 Å². The Morgan fingerprint density at radius 2 is 2.00 bits per heavy atom. The number of aliphatic hydroxyl groups is 1. The number of aromatic nitrogens is 3. The minimum Gasteiger partial charge on any atom is -0.381 e. The van der Waals surface area contributed by atoms with Gasteiger partial charge in [0.2, 0.25) is 0 Å². The van der Waals surface area contributed by atoms with Gasteiger partial charge in [-0.05, 0) is 18.6 Å². The Kier molecular flexibility index (Phi) is 7.52. The van der Waals surface area contributed by atoms with Crippen molar-refractivity contribution in [2.75, 3.05) is 13.1 Å². The number of thiocarbonyl (C=S) groups is 1. The normalized spacial score (nSPS) is 13.1. The number of hydrogen-bond acceptors (Lipinski definition) is 5. The summed E-state index contributed by atoms with van der Waals surface area (Å²) in [6.45, 7) is 2.39. The predicted octanol–water partition coefficient (Wildman–Crippen LogP) is 3.98. The lowest BCUT2D eigenvalue weighted by atomic mass is 9.92. The van der Waals surface area contributed by atoms with Gasteiger partial charge in [-0.3, -0.25) is 0 Å². The molecule has 0 amide bonds. The Hall–Kier alpha value is -2.36. The fourth-order valence-corrected chi connectivity index (χ4v) is 4.33. The van der Waals surface area contributed by atoms with Crippen LogP contribution in [0.5, 0.6) is 0 Å². The average Bonchev–Trinajstić information content (AvgIpc) is 3.23. The van der Waals surface area contributed by atoms with E-state index in [1.807, 2.05) is 42.2 Å². The molecule has 0 fully saturated rings. The van der Waals surface area contributed by atoms with Crippen LogP contribution in [0, 0.1) is 11.6 Å². The second kappa shape index (κ2) is 10.1.